The Morgan fingerprint density at radius 1 is 0.590 bits per heavy atom. The van der Waals surface area contributed by atoms with Crippen molar-refractivity contribution in [3.63, 3.8) is 0 Å². The molecule has 0 saturated heterocycles. The molecule has 0 aromatic heterocycles. The predicted molar refractivity (Wildman–Crippen MR) is 157 cm³/mol. The van der Waals surface area contributed by atoms with Gasteiger partial charge in [0.25, 0.3) is 0 Å². The Balaban J connectivity index is 2.32. The van der Waals surface area contributed by atoms with Crippen LogP contribution >= 0.6 is 0 Å². The highest BCUT2D eigenvalue weighted by atomic mass is 16.5. The molecule has 0 aromatic carbocycles. The van der Waals surface area contributed by atoms with Gasteiger partial charge in [-0.1, -0.05) is 124 Å². The zero-order chi connectivity index (χ0) is 28.9. The van der Waals surface area contributed by atoms with Gasteiger partial charge in [0.15, 0.2) is 0 Å². The number of unbranched alkanes of at least 4 members (excludes halogenated alkanes) is 12. The van der Waals surface area contributed by atoms with Gasteiger partial charge in [-0.25, -0.2) is 0 Å². The Labute approximate surface area is 239 Å². The summed E-state index contributed by atoms with van der Waals surface area (Å²) in [7, 11) is 0. The van der Waals surface area contributed by atoms with E-state index in [-0.39, 0.29) is 6.61 Å². The quantitative estimate of drug-likeness (QED) is 0.101. The summed E-state index contributed by atoms with van der Waals surface area (Å²) >= 11 is 0. The van der Waals surface area contributed by atoms with E-state index in [0.29, 0.717) is 25.9 Å². The Morgan fingerprint density at radius 3 is 1.41 bits per heavy atom. The number of carboxylic acid groups (broad SMARTS) is 1. The van der Waals surface area contributed by atoms with E-state index < -0.39 is 35.7 Å². The number of rotatable bonds is 23. The lowest BCUT2D eigenvalue weighted by atomic mass is 9.72. The van der Waals surface area contributed by atoms with Gasteiger partial charge in [-0.3, -0.25) is 14.4 Å². The van der Waals surface area contributed by atoms with E-state index in [0.717, 1.165) is 50.4 Å². The first-order valence-corrected chi connectivity index (χ1v) is 16.3. The highest BCUT2D eigenvalue weighted by Crippen LogP contribution is 2.37. The summed E-state index contributed by atoms with van der Waals surface area (Å²) in [6.45, 7) is 9.67. The van der Waals surface area contributed by atoms with E-state index >= 15 is 0 Å². The molecule has 6 nitrogen and oxygen atoms in total. The van der Waals surface area contributed by atoms with Crippen LogP contribution in [-0.2, 0) is 23.9 Å². The number of aliphatic carboxylic acids is 1. The molecule has 1 fully saturated rings. The molecular weight excluding hydrogens is 492 g/mol. The summed E-state index contributed by atoms with van der Waals surface area (Å²) in [5.41, 5.74) is 0. The summed E-state index contributed by atoms with van der Waals surface area (Å²) in [4.78, 5) is 37.7. The number of hydrogen-bond acceptors (Lipinski definition) is 5. The van der Waals surface area contributed by atoms with Gasteiger partial charge in [-0.05, 0) is 37.5 Å². The van der Waals surface area contributed by atoms with Crippen LogP contribution in [0.3, 0.4) is 0 Å². The van der Waals surface area contributed by atoms with Crippen molar-refractivity contribution in [2.75, 3.05) is 13.2 Å². The topological polar surface area (TPSA) is 89.9 Å². The summed E-state index contributed by atoms with van der Waals surface area (Å²) in [6.07, 6.45) is 20.0. The number of carbonyl (C=O) groups is 3. The summed E-state index contributed by atoms with van der Waals surface area (Å²) < 4.78 is 11.0. The molecule has 0 aliphatic heterocycles. The third kappa shape index (κ3) is 17.0. The molecule has 1 N–H and O–H groups in total. The van der Waals surface area contributed by atoms with Crippen molar-refractivity contribution in [3.8, 4) is 0 Å². The van der Waals surface area contributed by atoms with Crippen LogP contribution in [0.25, 0.3) is 0 Å². The molecule has 3 unspecified atom stereocenters. The number of ether oxygens (including phenoxy) is 2. The second-order valence-electron chi connectivity index (χ2n) is 12.7. The van der Waals surface area contributed by atoms with E-state index in [1.807, 2.05) is 0 Å². The summed E-state index contributed by atoms with van der Waals surface area (Å²) in [5, 5.41) is 9.74. The van der Waals surface area contributed by atoms with Crippen molar-refractivity contribution in [2.24, 2.45) is 29.6 Å². The molecule has 228 valence electrons. The average molecular weight is 553 g/mol. The molecule has 1 saturated carbocycles. The first kappa shape index (κ1) is 35.4. The fourth-order valence-electron chi connectivity index (χ4n) is 5.69. The van der Waals surface area contributed by atoms with Crippen molar-refractivity contribution in [3.05, 3.63) is 0 Å². The molecule has 1 aliphatic rings. The first-order chi connectivity index (χ1) is 18.7. The van der Waals surface area contributed by atoms with E-state index in [9.17, 15) is 19.5 Å². The van der Waals surface area contributed by atoms with Crippen LogP contribution in [0.5, 0.6) is 0 Å². The van der Waals surface area contributed by atoms with Gasteiger partial charge in [0, 0.05) is 0 Å². The van der Waals surface area contributed by atoms with Crippen LogP contribution < -0.4 is 0 Å². The second-order valence-corrected chi connectivity index (χ2v) is 12.7. The van der Waals surface area contributed by atoms with Gasteiger partial charge in [-0.2, -0.15) is 0 Å². The highest BCUT2D eigenvalue weighted by molar-refractivity contribution is 5.87. The van der Waals surface area contributed by atoms with Crippen molar-refractivity contribution >= 4 is 17.9 Å². The normalized spacial score (nSPS) is 19.4. The smallest absolute Gasteiger partial charge is 0.310 e. The van der Waals surface area contributed by atoms with E-state index in [1.165, 1.54) is 64.2 Å². The fraction of sp³-hybridized carbons (Fsp3) is 0.909. The molecule has 0 heterocycles. The molecule has 0 radical (unpaired) electrons. The van der Waals surface area contributed by atoms with Crippen molar-refractivity contribution < 1.29 is 29.0 Å². The lowest BCUT2D eigenvalue weighted by molar-refractivity contribution is -0.170. The zero-order valence-corrected chi connectivity index (χ0v) is 25.7. The predicted octanol–water partition coefficient (Wildman–Crippen LogP) is 8.74. The maximum absolute atomic E-state index is 13.0. The Hall–Kier alpha value is -1.59. The third-order valence-electron chi connectivity index (χ3n) is 8.13. The maximum Gasteiger partial charge on any atom is 0.310 e. The molecule has 3 atom stereocenters. The molecular formula is C33H60O6. The van der Waals surface area contributed by atoms with Crippen LogP contribution in [0.15, 0.2) is 0 Å². The van der Waals surface area contributed by atoms with Gasteiger partial charge in [-0.15, -0.1) is 0 Å². The van der Waals surface area contributed by atoms with Gasteiger partial charge < -0.3 is 14.6 Å². The molecule has 1 rings (SSSR count). The Morgan fingerprint density at radius 2 is 0.974 bits per heavy atom. The molecule has 0 bridgehead atoms. The van der Waals surface area contributed by atoms with Crippen LogP contribution in [0.2, 0.25) is 0 Å². The monoisotopic (exact) mass is 552 g/mol. The van der Waals surface area contributed by atoms with Crippen LogP contribution in [0, 0.1) is 29.6 Å². The summed E-state index contributed by atoms with van der Waals surface area (Å²) in [6, 6.07) is 0. The van der Waals surface area contributed by atoms with Crippen molar-refractivity contribution in [2.45, 2.75) is 150 Å². The molecule has 0 spiro atoms. The number of carbonyl (C=O) groups excluding carboxylic acids is 2. The molecule has 1 aliphatic carbocycles. The maximum atomic E-state index is 13.0. The van der Waals surface area contributed by atoms with Gasteiger partial charge in [0.2, 0.25) is 0 Å². The van der Waals surface area contributed by atoms with Crippen LogP contribution in [0.4, 0.5) is 0 Å². The Bertz CT molecular complexity index is 659. The first-order valence-electron chi connectivity index (χ1n) is 16.3. The standard InChI is InChI=1S/C33H60O6/c1-26(2)20-15-11-7-5-9-13-17-24-38-32(36)29-23-19-22-28(31(34)35)30(29)33(37)39-25-18-14-10-6-8-12-16-21-27(3)4/h26-30H,5-25H2,1-4H3,(H,34,35). The minimum absolute atomic E-state index is 0.286. The Kier molecular flexibility index (Phi) is 20.1. The van der Waals surface area contributed by atoms with Gasteiger partial charge >= 0.3 is 17.9 Å². The van der Waals surface area contributed by atoms with E-state index in [4.69, 9.17) is 9.47 Å². The minimum Gasteiger partial charge on any atom is -0.481 e. The fourth-order valence-corrected chi connectivity index (χ4v) is 5.69. The molecule has 0 aromatic rings. The number of hydrogen-bond donors (Lipinski definition) is 1. The largest absolute Gasteiger partial charge is 0.481 e. The second kappa shape index (κ2) is 22.1. The van der Waals surface area contributed by atoms with Crippen LogP contribution in [0.1, 0.15) is 150 Å². The summed E-state index contributed by atoms with van der Waals surface area (Å²) in [5.74, 6) is -3.01. The molecule has 39 heavy (non-hydrogen) atoms. The lowest BCUT2D eigenvalue weighted by Gasteiger charge is -2.33. The van der Waals surface area contributed by atoms with Gasteiger partial charge in [0.1, 0.15) is 0 Å². The van der Waals surface area contributed by atoms with E-state index in [2.05, 4.69) is 27.7 Å². The van der Waals surface area contributed by atoms with Gasteiger partial charge in [0.05, 0.1) is 31.0 Å². The average Bonchev–Trinajstić information content (AvgIpc) is 2.89. The minimum atomic E-state index is -1.03. The van der Waals surface area contributed by atoms with Crippen LogP contribution in [-0.4, -0.2) is 36.2 Å². The van der Waals surface area contributed by atoms with Crippen molar-refractivity contribution in [1.82, 2.24) is 0 Å². The number of carboxylic acids is 1. The SMILES string of the molecule is CC(C)CCCCCCCCCOC(=O)C1CCCC(C(=O)O)C1C(=O)OCCCCCCCCCC(C)C. The molecule has 6 heteroatoms. The molecule has 0 amide bonds. The third-order valence-corrected chi connectivity index (χ3v) is 8.13. The lowest BCUT2D eigenvalue weighted by Crippen LogP contribution is -2.43. The number of esters is 2. The highest BCUT2D eigenvalue weighted by Gasteiger charge is 2.46. The van der Waals surface area contributed by atoms with E-state index in [1.54, 1.807) is 0 Å². The zero-order valence-electron chi connectivity index (χ0n) is 25.7. The van der Waals surface area contributed by atoms with Crippen molar-refractivity contribution in [1.29, 1.82) is 0 Å².